The first kappa shape index (κ1) is 14.2. The summed E-state index contributed by atoms with van der Waals surface area (Å²) in [7, 11) is 0. The molecule has 1 aliphatic carbocycles. The molecule has 0 radical (unpaired) electrons. The zero-order chi connectivity index (χ0) is 13.7. The van der Waals surface area contributed by atoms with Gasteiger partial charge in [-0.05, 0) is 37.0 Å². The molecule has 104 valence electrons. The first-order chi connectivity index (χ1) is 9.16. The molecule has 19 heavy (non-hydrogen) atoms. The number of nitrogens with one attached hydrogen (secondary N) is 1. The van der Waals surface area contributed by atoms with Crippen LogP contribution in [0.1, 0.15) is 48.9 Å². The highest BCUT2D eigenvalue weighted by molar-refractivity contribution is 6.31. The van der Waals surface area contributed by atoms with Crippen LogP contribution in [0.5, 0.6) is 0 Å². The Morgan fingerprint density at radius 3 is 2.79 bits per heavy atom. The van der Waals surface area contributed by atoms with Crippen molar-refractivity contribution in [1.29, 1.82) is 0 Å². The van der Waals surface area contributed by atoms with E-state index in [-0.39, 0.29) is 5.56 Å². The number of benzene rings is 1. The molecular formula is C15H20ClNO2. The maximum Gasteiger partial charge on any atom is 0.337 e. The van der Waals surface area contributed by atoms with Gasteiger partial charge in [-0.3, -0.25) is 0 Å². The third kappa shape index (κ3) is 4.13. The highest BCUT2D eigenvalue weighted by Gasteiger charge is 2.14. The molecule has 0 aliphatic heterocycles. The van der Waals surface area contributed by atoms with Gasteiger partial charge in [0.2, 0.25) is 0 Å². The molecule has 0 bridgehead atoms. The Bertz CT molecular complexity index is 442. The number of anilines is 1. The van der Waals surface area contributed by atoms with Crippen LogP contribution in [-0.4, -0.2) is 17.6 Å². The van der Waals surface area contributed by atoms with Crippen molar-refractivity contribution in [3.8, 4) is 0 Å². The largest absolute Gasteiger partial charge is 0.478 e. The minimum atomic E-state index is -0.921. The maximum atomic E-state index is 11.1. The number of hydrogen-bond donors (Lipinski definition) is 2. The molecule has 2 N–H and O–H groups in total. The van der Waals surface area contributed by atoms with E-state index in [0.717, 1.165) is 18.9 Å². The number of carboxylic acids is 1. The van der Waals surface area contributed by atoms with E-state index in [1.807, 2.05) is 0 Å². The molecule has 0 atom stereocenters. The summed E-state index contributed by atoms with van der Waals surface area (Å²) in [5.41, 5.74) is 0.900. The quantitative estimate of drug-likeness (QED) is 0.759. The van der Waals surface area contributed by atoms with Crippen LogP contribution in [0.3, 0.4) is 0 Å². The van der Waals surface area contributed by atoms with Gasteiger partial charge >= 0.3 is 5.97 Å². The molecule has 4 heteroatoms. The second-order valence-electron chi connectivity index (χ2n) is 5.21. The van der Waals surface area contributed by atoms with Crippen molar-refractivity contribution in [3.05, 3.63) is 28.8 Å². The van der Waals surface area contributed by atoms with Gasteiger partial charge in [0.05, 0.1) is 11.3 Å². The van der Waals surface area contributed by atoms with Gasteiger partial charge in [0.1, 0.15) is 0 Å². The lowest BCUT2D eigenvalue weighted by molar-refractivity contribution is 0.0698. The molecule has 0 spiro atoms. The Labute approximate surface area is 119 Å². The van der Waals surface area contributed by atoms with Crippen LogP contribution >= 0.6 is 11.6 Å². The Morgan fingerprint density at radius 1 is 1.37 bits per heavy atom. The van der Waals surface area contributed by atoms with Crippen LogP contribution in [0.4, 0.5) is 5.69 Å². The van der Waals surface area contributed by atoms with Crippen LogP contribution in [0.2, 0.25) is 5.02 Å². The van der Waals surface area contributed by atoms with Crippen molar-refractivity contribution in [3.63, 3.8) is 0 Å². The first-order valence-electron chi connectivity index (χ1n) is 6.93. The van der Waals surface area contributed by atoms with E-state index in [2.05, 4.69) is 5.32 Å². The average Bonchev–Trinajstić information content (AvgIpc) is 2.87. The van der Waals surface area contributed by atoms with Crippen molar-refractivity contribution in [2.45, 2.75) is 38.5 Å². The Morgan fingerprint density at radius 2 is 2.11 bits per heavy atom. The number of aromatic carboxylic acids is 1. The standard InChI is InChI=1S/C15H20ClNO2/c16-12-7-8-13(15(18)19)14(10-12)17-9-3-6-11-4-1-2-5-11/h7-8,10-11,17H,1-6,9H2,(H,18,19). The van der Waals surface area contributed by atoms with Gasteiger partial charge in [-0.1, -0.05) is 37.3 Å². The molecule has 0 amide bonds. The molecule has 0 heterocycles. The summed E-state index contributed by atoms with van der Waals surface area (Å²) in [4.78, 5) is 11.1. The fourth-order valence-corrected chi connectivity index (χ4v) is 2.93. The highest BCUT2D eigenvalue weighted by Crippen LogP contribution is 2.28. The van der Waals surface area contributed by atoms with Crippen molar-refractivity contribution < 1.29 is 9.90 Å². The van der Waals surface area contributed by atoms with Gasteiger partial charge in [-0.2, -0.15) is 0 Å². The van der Waals surface area contributed by atoms with E-state index >= 15 is 0 Å². The molecule has 1 fully saturated rings. The topological polar surface area (TPSA) is 49.3 Å². The van der Waals surface area contributed by atoms with E-state index < -0.39 is 5.97 Å². The first-order valence-corrected chi connectivity index (χ1v) is 7.31. The predicted molar refractivity (Wildman–Crippen MR) is 78.1 cm³/mol. The summed E-state index contributed by atoms with van der Waals surface area (Å²) in [5, 5.41) is 12.9. The van der Waals surface area contributed by atoms with Gasteiger partial charge in [-0.25, -0.2) is 4.79 Å². The monoisotopic (exact) mass is 281 g/mol. The van der Waals surface area contributed by atoms with Gasteiger partial charge in [0, 0.05) is 11.6 Å². The van der Waals surface area contributed by atoms with Crippen LogP contribution in [0.25, 0.3) is 0 Å². The number of carbonyl (C=O) groups is 1. The fraction of sp³-hybridized carbons (Fsp3) is 0.533. The number of halogens is 1. The minimum absolute atomic E-state index is 0.283. The summed E-state index contributed by atoms with van der Waals surface area (Å²) in [6.07, 6.45) is 7.77. The normalized spacial score (nSPS) is 15.6. The Hall–Kier alpha value is -1.22. The van der Waals surface area contributed by atoms with Crippen LogP contribution in [-0.2, 0) is 0 Å². The summed E-state index contributed by atoms with van der Waals surface area (Å²) in [6.45, 7) is 0.803. The third-order valence-electron chi connectivity index (χ3n) is 3.79. The maximum absolute atomic E-state index is 11.1. The zero-order valence-corrected chi connectivity index (χ0v) is 11.7. The van der Waals surface area contributed by atoms with Crippen LogP contribution < -0.4 is 5.32 Å². The molecule has 1 aromatic rings. The van der Waals surface area contributed by atoms with Crippen LogP contribution in [0.15, 0.2) is 18.2 Å². The van der Waals surface area contributed by atoms with Crippen molar-refractivity contribution in [2.24, 2.45) is 5.92 Å². The lowest BCUT2D eigenvalue weighted by Crippen LogP contribution is -2.08. The average molecular weight is 282 g/mol. The third-order valence-corrected chi connectivity index (χ3v) is 4.03. The molecular weight excluding hydrogens is 262 g/mol. The van der Waals surface area contributed by atoms with E-state index in [1.54, 1.807) is 18.2 Å². The van der Waals surface area contributed by atoms with Gasteiger partial charge in [-0.15, -0.1) is 0 Å². The molecule has 3 nitrogen and oxygen atoms in total. The van der Waals surface area contributed by atoms with E-state index in [4.69, 9.17) is 16.7 Å². The second kappa shape index (κ2) is 6.80. The van der Waals surface area contributed by atoms with Crippen LogP contribution in [0, 0.1) is 5.92 Å². The van der Waals surface area contributed by atoms with E-state index in [9.17, 15) is 4.79 Å². The van der Waals surface area contributed by atoms with Crippen molar-refractivity contribution in [2.75, 3.05) is 11.9 Å². The molecule has 1 aliphatic rings. The Balaban J connectivity index is 1.84. The predicted octanol–water partition coefficient (Wildman–Crippen LogP) is 4.42. The minimum Gasteiger partial charge on any atom is -0.478 e. The van der Waals surface area contributed by atoms with E-state index in [0.29, 0.717) is 10.7 Å². The smallest absolute Gasteiger partial charge is 0.337 e. The summed E-state index contributed by atoms with van der Waals surface area (Å²) in [6, 6.07) is 4.83. The van der Waals surface area contributed by atoms with Gasteiger partial charge in [0.15, 0.2) is 0 Å². The molecule has 1 aromatic carbocycles. The van der Waals surface area contributed by atoms with E-state index in [1.165, 1.54) is 32.1 Å². The number of carboxylic acid groups (broad SMARTS) is 1. The van der Waals surface area contributed by atoms with Gasteiger partial charge < -0.3 is 10.4 Å². The molecule has 0 saturated heterocycles. The molecule has 2 rings (SSSR count). The summed E-state index contributed by atoms with van der Waals surface area (Å²) < 4.78 is 0. The van der Waals surface area contributed by atoms with Crippen molar-refractivity contribution >= 4 is 23.3 Å². The molecule has 1 saturated carbocycles. The fourth-order valence-electron chi connectivity index (χ4n) is 2.76. The molecule has 0 unspecified atom stereocenters. The number of hydrogen-bond acceptors (Lipinski definition) is 2. The lowest BCUT2D eigenvalue weighted by atomic mass is 10.0. The second-order valence-corrected chi connectivity index (χ2v) is 5.65. The molecule has 0 aromatic heterocycles. The SMILES string of the molecule is O=C(O)c1ccc(Cl)cc1NCCCC1CCCC1. The number of rotatable bonds is 6. The lowest BCUT2D eigenvalue weighted by Gasteiger charge is -2.12. The Kier molecular flexibility index (Phi) is 5.08. The summed E-state index contributed by atoms with van der Waals surface area (Å²) >= 11 is 5.90. The van der Waals surface area contributed by atoms with Gasteiger partial charge in [0.25, 0.3) is 0 Å². The summed E-state index contributed by atoms with van der Waals surface area (Å²) in [5.74, 6) is -0.0462. The zero-order valence-electron chi connectivity index (χ0n) is 11.0. The highest BCUT2D eigenvalue weighted by atomic mass is 35.5. The van der Waals surface area contributed by atoms with Crippen molar-refractivity contribution in [1.82, 2.24) is 0 Å².